The van der Waals surface area contributed by atoms with Crippen molar-refractivity contribution in [2.75, 3.05) is 25.7 Å². The SMILES string of the molecule is COc1cc(Br)c(CNCc2ccc(N3CCCC3=O)cc2)cc1OC. The minimum Gasteiger partial charge on any atom is -0.493 e. The highest BCUT2D eigenvalue weighted by molar-refractivity contribution is 9.10. The van der Waals surface area contributed by atoms with E-state index in [9.17, 15) is 4.79 Å². The quantitative estimate of drug-likeness (QED) is 0.740. The van der Waals surface area contributed by atoms with E-state index in [2.05, 4.69) is 33.4 Å². The Morgan fingerprint density at radius 2 is 1.77 bits per heavy atom. The number of hydrogen-bond donors (Lipinski definition) is 1. The zero-order valence-electron chi connectivity index (χ0n) is 15.0. The molecule has 1 aliphatic rings. The topological polar surface area (TPSA) is 50.8 Å². The van der Waals surface area contributed by atoms with Crippen LogP contribution in [0.3, 0.4) is 0 Å². The Hall–Kier alpha value is -2.05. The second-order valence-electron chi connectivity index (χ2n) is 6.22. The molecule has 0 saturated carbocycles. The Balaban J connectivity index is 1.59. The van der Waals surface area contributed by atoms with E-state index in [1.807, 2.05) is 29.2 Å². The van der Waals surface area contributed by atoms with Gasteiger partial charge in [-0.1, -0.05) is 28.1 Å². The maximum Gasteiger partial charge on any atom is 0.227 e. The van der Waals surface area contributed by atoms with Gasteiger partial charge in [-0.2, -0.15) is 0 Å². The number of methoxy groups -OCH3 is 2. The largest absolute Gasteiger partial charge is 0.493 e. The minimum absolute atomic E-state index is 0.217. The molecule has 2 aromatic rings. The Kier molecular flexibility index (Phi) is 6.16. The second-order valence-corrected chi connectivity index (χ2v) is 7.07. The first-order valence-electron chi connectivity index (χ1n) is 8.63. The van der Waals surface area contributed by atoms with Crippen molar-refractivity contribution in [1.82, 2.24) is 5.32 Å². The number of anilines is 1. The van der Waals surface area contributed by atoms with Crippen molar-refractivity contribution in [3.63, 3.8) is 0 Å². The molecule has 0 unspecified atom stereocenters. The third-order valence-electron chi connectivity index (χ3n) is 4.52. The fourth-order valence-electron chi connectivity index (χ4n) is 3.09. The highest BCUT2D eigenvalue weighted by Crippen LogP contribution is 2.33. The number of ether oxygens (including phenoxy) is 2. The maximum absolute atomic E-state index is 11.8. The van der Waals surface area contributed by atoms with Gasteiger partial charge in [-0.3, -0.25) is 4.79 Å². The predicted molar refractivity (Wildman–Crippen MR) is 106 cm³/mol. The van der Waals surface area contributed by atoms with Crippen molar-refractivity contribution in [3.05, 3.63) is 52.0 Å². The van der Waals surface area contributed by atoms with Gasteiger partial charge in [0.25, 0.3) is 0 Å². The summed E-state index contributed by atoms with van der Waals surface area (Å²) in [5.41, 5.74) is 3.26. The van der Waals surface area contributed by atoms with E-state index < -0.39 is 0 Å². The normalized spacial score (nSPS) is 14.0. The summed E-state index contributed by atoms with van der Waals surface area (Å²) in [6, 6.07) is 12.1. The number of nitrogens with zero attached hydrogens (tertiary/aromatic N) is 1. The lowest BCUT2D eigenvalue weighted by Crippen LogP contribution is -2.23. The Labute approximate surface area is 162 Å². The van der Waals surface area contributed by atoms with Crippen LogP contribution in [0.5, 0.6) is 11.5 Å². The van der Waals surface area contributed by atoms with E-state index in [1.54, 1.807) is 14.2 Å². The van der Waals surface area contributed by atoms with Gasteiger partial charge in [0, 0.05) is 36.2 Å². The molecule has 1 fully saturated rings. The summed E-state index contributed by atoms with van der Waals surface area (Å²) in [5.74, 6) is 1.64. The average Bonchev–Trinajstić information content (AvgIpc) is 3.09. The fourth-order valence-corrected chi connectivity index (χ4v) is 3.55. The van der Waals surface area contributed by atoms with Gasteiger partial charge in [0.2, 0.25) is 5.91 Å². The molecule has 0 spiro atoms. The molecule has 1 saturated heterocycles. The molecule has 26 heavy (non-hydrogen) atoms. The summed E-state index contributed by atoms with van der Waals surface area (Å²) in [5, 5.41) is 3.44. The lowest BCUT2D eigenvalue weighted by atomic mass is 10.1. The van der Waals surface area contributed by atoms with Gasteiger partial charge in [-0.05, 0) is 41.8 Å². The van der Waals surface area contributed by atoms with Crippen LogP contribution in [0.4, 0.5) is 5.69 Å². The van der Waals surface area contributed by atoms with Gasteiger partial charge >= 0.3 is 0 Å². The van der Waals surface area contributed by atoms with Crippen LogP contribution in [0.25, 0.3) is 0 Å². The molecule has 0 aliphatic carbocycles. The predicted octanol–water partition coefficient (Wildman–Crippen LogP) is 3.88. The molecular formula is C20H23BrN2O3. The number of carbonyl (C=O) groups is 1. The van der Waals surface area contributed by atoms with Gasteiger partial charge < -0.3 is 19.7 Å². The van der Waals surface area contributed by atoms with E-state index in [1.165, 1.54) is 5.56 Å². The van der Waals surface area contributed by atoms with Gasteiger partial charge in [-0.25, -0.2) is 0 Å². The molecule has 1 aliphatic heterocycles. The summed E-state index contributed by atoms with van der Waals surface area (Å²) in [7, 11) is 3.26. The molecule has 0 bridgehead atoms. The van der Waals surface area contributed by atoms with Crippen LogP contribution in [-0.4, -0.2) is 26.7 Å². The summed E-state index contributed by atoms with van der Waals surface area (Å²) < 4.78 is 11.6. The van der Waals surface area contributed by atoms with Gasteiger partial charge in [0.05, 0.1) is 14.2 Å². The van der Waals surface area contributed by atoms with E-state index >= 15 is 0 Å². The van der Waals surface area contributed by atoms with Gasteiger partial charge in [0.15, 0.2) is 11.5 Å². The van der Waals surface area contributed by atoms with E-state index in [4.69, 9.17) is 9.47 Å². The zero-order chi connectivity index (χ0) is 18.5. The number of rotatable bonds is 7. The molecule has 3 rings (SSSR count). The molecular weight excluding hydrogens is 396 g/mol. The number of halogens is 1. The highest BCUT2D eigenvalue weighted by atomic mass is 79.9. The smallest absolute Gasteiger partial charge is 0.227 e. The van der Waals surface area contributed by atoms with Crippen LogP contribution < -0.4 is 19.7 Å². The third kappa shape index (κ3) is 4.19. The third-order valence-corrected chi connectivity index (χ3v) is 5.26. The summed E-state index contributed by atoms with van der Waals surface area (Å²) in [4.78, 5) is 13.7. The van der Waals surface area contributed by atoms with Crippen molar-refractivity contribution >= 4 is 27.5 Å². The fraction of sp³-hybridized carbons (Fsp3) is 0.350. The number of nitrogens with one attached hydrogen (secondary N) is 1. The first kappa shape index (κ1) is 18.7. The van der Waals surface area contributed by atoms with Crippen molar-refractivity contribution in [2.24, 2.45) is 0 Å². The molecule has 0 aromatic heterocycles. The lowest BCUT2D eigenvalue weighted by molar-refractivity contribution is -0.117. The summed E-state index contributed by atoms with van der Waals surface area (Å²) in [6.45, 7) is 2.27. The molecule has 1 heterocycles. The van der Waals surface area contributed by atoms with Crippen LogP contribution in [0.15, 0.2) is 40.9 Å². The zero-order valence-corrected chi connectivity index (χ0v) is 16.6. The molecule has 5 nitrogen and oxygen atoms in total. The Morgan fingerprint density at radius 1 is 1.08 bits per heavy atom. The molecule has 2 aromatic carbocycles. The van der Waals surface area contributed by atoms with Crippen LogP contribution in [-0.2, 0) is 17.9 Å². The Morgan fingerprint density at radius 3 is 2.38 bits per heavy atom. The summed E-state index contributed by atoms with van der Waals surface area (Å²) in [6.07, 6.45) is 1.60. The maximum atomic E-state index is 11.8. The number of benzene rings is 2. The molecule has 6 heteroatoms. The standard InChI is InChI=1S/C20H23BrN2O3/c1-25-18-10-15(17(21)11-19(18)26-2)13-22-12-14-5-7-16(8-6-14)23-9-3-4-20(23)24/h5-8,10-11,22H,3-4,9,12-13H2,1-2H3. The molecule has 1 N–H and O–H groups in total. The average molecular weight is 419 g/mol. The number of carbonyl (C=O) groups excluding carboxylic acids is 1. The molecule has 138 valence electrons. The van der Waals surface area contributed by atoms with E-state index in [0.717, 1.165) is 35.2 Å². The van der Waals surface area contributed by atoms with Crippen LogP contribution in [0.1, 0.15) is 24.0 Å². The monoisotopic (exact) mass is 418 g/mol. The van der Waals surface area contributed by atoms with Crippen LogP contribution in [0, 0.1) is 0 Å². The van der Waals surface area contributed by atoms with E-state index in [-0.39, 0.29) is 5.91 Å². The van der Waals surface area contributed by atoms with Crippen LogP contribution in [0.2, 0.25) is 0 Å². The lowest BCUT2D eigenvalue weighted by Gasteiger charge is -2.16. The molecule has 0 atom stereocenters. The highest BCUT2D eigenvalue weighted by Gasteiger charge is 2.21. The van der Waals surface area contributed by atoms with Gasteiger partial charge in [-0.15, -0.1) is 0 Å². The van der Waals surface area contributed by atoms with Gasteiger partial charge in [0.1, 0.15) is 0 Å². The van der Waals surface area contributed by atoms with Crippen molar-refractivity contribution in [1.29, 1.82) is 0 Å². The van der Waals surface area contributed by atoms with Crippen molar-refractivity contribution in [3.8, 4) is 11.5 Å². The molecule has 1 amide bonds. The number of amides is 1. The minimum atomic E-state index is 0.217. The molecule has 0 radical (unpaired) electrons. The van der Waals surface area contributed by atoms with Crippen molar-refractivity contribution < 1.29 is 14.3 Å². The first-order chi connectivity index (χ1) is 12.6. The summed E-state index contributed by atoms with van der Waals surface area (Å²) >= 11 is 3.58. The first-order valence-corrected chi connectivity index (χ1v) is 9.42. The number of hydrogen-bond acceptors (Lipinski definition) is 4. The van der Waals surface area contributed by atoms with Crippen molar-refractivity contribution in [2.45, 2.75) is 25.9 Å². The Bertz CT molecular complexity index is 777. The van der Waals surface area contributed by atoms with E-state index in [0.29, 0.717) is 24.5 Å². The van der Waals surface area contributed by atoms with Crippen LogP contribution >= 0.6 is 15.9 Å². The second kappa shape index (κ2) is 8.56.